The third kappa shape index (κ3) is 2.44. The lowest BCUT2D eigenvalue weighted by Crippen LogP contribution is -2.25. The predicted octanol–water partition coefficient (Wildman–Crippen LogP) is 2.60. The molecule has 2 aromatic rings. The molecule has 0 saturated heterocycles. The summed E-state index contributed by atoms with van der Waals surface area (Å²) in [5, 5.41) is 4.53. The topological polar surface area (TPSA) is 50.9 Å². The molecule has 0 aliphatic rings. The van der Waals surface area contributed by atoms with Gasteiger partial charge in [-0.15, -0.1) is 0 Å². The van der Waals surface area contributed by atoms with Gasteiger partial charge < -0.3 is 11.1 Å². The van der Waals surface area contributed by atoms with Crippen LogP contribution in [0.25, 0.3) is 10.9 Å². The Balaban J connectivity index is 2.45. The molecule has 0 aliphatic carbocycles. The number of hydrogen-bond donors (Lipinski definition) is 2. The first-order chi connectivity index (χ1) is 7.70. The Morgan fingerprint density at radius 3 is 3.00 bits per heavy atom. The SMILES string of the molecule is CC(CN)Nc1ccnc2cc(I)ccc12. The second-order valence-electron chi connectivity index (χ2n) is 3.80. The van der Waals surface area contributed by atoms with Crippen LogP contribution in [-0.2, 0) is 0 Å². The number of nitrogens with two attached hydrogens (primary N) is 1. The number of pyridine rings is 1. The van der Waals surface area contributed by atoms with Gasteiger partial charge in [-0.2, -0.15) is 0 Å². The molecule has 0 radical (unpaired) electrons. The molecule has 2 rings (SSSR count). The van der Waals surface area contributed by atoms with Crippen molar-refractivity contribution in [2.24, 2.45) is 5.73 Å². The molecular formula is C12H14IN3. The van der Waals surface area contributed by atoms with E-state index in [0.29, 0.717) is 6.54 Å². The van der Waals surface area contributed by atoms with E-state index in [1.165, 1.54) is 3.57 Å². The molecule has 1 unspecified atom stereocenters. The Hall–Kier alpha value is -0.880. The lowest BCUT2D eigenvalue weighted by Gasteiger charge is -2.14. The molecular weight excluding hydrogens is 313 g/mol. The van der Waals surface area contributed by atoms with E-state index in [2.05, 4.69) is 58.0 Å². The van der Waals surface area contributed by atoms with Gasteiger partial charge in [-0.05, 0) is 53.8 Å². The van der Waals surface area contributed by atoms with E-state index in [-0.39, 0.29) is 6.04 Å². The maximum absolute atomic E-state index is 5.61. The summed E-state index contributed by atoms with van der Waals surface area (Å²) in [6, 6.07) is 8.51. The Bertz CT molecular complexity index is 499. The number of halogens is 1. The molecule has 4 heteroatoms. The number of anilines is 1. The van der Waals surface area contributed by atoms with Gasteiger partial charge in [0.1, 0.15) is 0 Å². The number of nitrogens with one attached hydrogen (secondary N) is 1. The maximum Gasteiger partial charge on any atom is 0.0733 e. The molecule has 3 nitrogen and oxygen atoms in total. The van der Waals surface area contributed by atoms with Crippen molar-refractivity contribution in [3.8, 4) is 0 Å². The second-order valence-corrected chi connectivity index (χ2v) is 5.05. The summed E-state index contributed by atoms with van der Waals surface area (Å²) in [6.07, 6.45) is 1.82. The van der Waals surface area contributed by atoms with Gasteiger partial charge in [-0.1, -0.05) is 0 Å². The predicted molar refractivity (Wildman–Crippen MR) is 76.6 cm³/mol. The third-order valence-electron chi connectivity index (χ3n) is 2.46. The third-order valence-corrected chi connectivity index (χ3v) is 3.13. The molecule has 3 N–H and O–H groups in total. The van der Waals surface area contributed by atoms with E-state index in [0.717, 1.165) is 16.6 Å². The first kappa shape index (κ1) is 11.6. The monoisotopic (exact) mass is 327 g/mol. The molecule has 84 valence electrons. The van der Waals surface area contributed by atoms with Gasteiger partial charge in [-0.25, -0.2) is 0 Å². The number of benzene rings is 1. The van der Waals surface area contributed by atoms with Crippen molar-refractivity contribution in [3.63, 3.8) is 0 Å². The molecule has 0 spiro atoms. The summed E-state index contributed by atoms with van der Waals surface area (Å²) in [5.41, 5.74) is 7.72. The van der Waals surface area contributed by atoms with Crippen LogP contribution in [0, 0.1) is 3.57 Å². The second kappa shape index (κ2) is 4.97. The molecule has 1 heterocycles. The molecule has 0 aliphatic heterocycles. The molecule has 0 amide bonds. The van der Waals surface area contributed by atoms with Gasteiger partial charge >= 0.3 is 0 Å². The Morgan fingerprint density at radius 1 is 1.44 bits per heavy atom. The number of rotatable bonds is 3. The van der Waals surface area contributed by atoms with Crippen LogP contribution in [0.3, 0.4) is 0 Å². The van der Waals surface area contributed by atoms with Gasteiger partial charge in [0.25, 0.3) is 0 Å². The Kier molecular flexibility index (Phi) is 3.60. The van der Waals surface area contributed by atoms with E-state index in [1.807, 2.05) is 12.3 Å². The summed E-state index contributed by atoms with van der Waals surface area (Å²) in [4.78, 5) is 4.36. The number of hydrogen-bond acceptors (Lipinski definition) is 3. The van der Waals surface area contributed by atoms with Crippen LogP contribution in [0.4, 0.5) is 5.69 Å². The van der Waals surface area contributed by atoms with Crippen LogP contribution in [0.2, 0.25) is 0 Å². The van der Waals surface area contributed by atoms with Crippen LogP contribution in [-0.4, -0.2) is 17.6 Å². The van der Waals surface area contributed by atoms with E-state index in [9.17, 15) is 0 Å². The van der Waals surface area contributed by atoms with Gasteiger partial charge in [0.2, 0.25) is 0 Å². The van der Waals surface area contributed by atoms with E-state index in [4.69, 9.17) is 5.73 Å². The van der Waals surface area contributed by atoms with Crippen LogP contribution >= 0.6 is 22.6 Å². The fourth-order valence-electron chi connectivity index (χ4n) is 1.57. The molecule has 16 heavy (non-hydrogen) atoms. The van der Waals surface area contributed by atoms with Crippen molar-refractivity contribution >= 4 is 39.2 Å². The van der Waals surface area contributed by atoms with Crippen molar-refractivity contribution in [3.05, 3.63) is 34.0 Å². The minimum atomic E-state index is 0.268. The minimum absolute atomic E-state index is 0.268. The van der Waals surface area contributed by atoms with Crippen LogP contribution < -0.4 is 11.1 Å². The molecule has 0 fully saturated rings. The highest BCUT2D eigenvalue weighted by molar-refractivity contribution is 14.1. The lowest BCUT2D eigenvalue weighted by atomic mass is 10.1. The zero-order chi connectivity index (χ0) is 11.5. The Labute approximate surface area is 109 Å². The molecule has 0 bridgehead atoms. The van der Waals surface area contributed by atoms with Crippen LogP contribution in [0.15, 0.2) is 30.5 Å². The van der Waals surface area contributed by atoms with Gasteiger partial charge in [0.05, 0.1) is 5.52 Å². The molecule has 1 aromatic heterocycles. The van der Waals surface area contributed by atoms with Crippen molar-refractivity contribution in [2.75, 3.05) is 11.9 Å². The average molecular weight is 327 g/mol. The first-order valence-corrected chi connectivity index (χ1v) is 6.29. The van der Waals surface area contributed by atoms with Crippen LogP contribution in [0.5, 0.6) is 0 Å². The summed E-state index contributed by atoms with van der Waals surface area (Å²) < 4.78 is 1.20. The fraction of sp³-hybridized carbons (Fsp3) is 0.250. The van der Waals surface area contributed by atoms with E-state index in [1.54, 1.807) is 0 Å². The largest absolute Gasteiger partial charge is 0.381 e. The van der Waals surface area contributed by atoms with Crippen molar-refractivity contribution in [1.82, 2.24) is 4.98 Å². The van der Waals surface area contributed by atoms with Crippen molar-refractivity contribution < 1.29 is 0 Å². The standard InChI is InChI=1S/C12H14IN3/c1-8(7-14)16-11-4-5-15-12-6-9(13)2-3-10(11)12/h2-6,8H,7,14H2,1H3,(H,15,16). The summed E-state index contributed by atoms with van der Waals surface area (Å²) in [7, 11) is 0. The number of aromatic nitrogens is 1. The highest BCUT2D eigenvalue weighted by Gasteiger charge is 2.04. The number of fused-ring (bicyclic) bond motifs is 1. The van der Waals surface area contributed by atoms with Gasteiger partial charge in [0, 0.05) is 33.4 Å². The first-order valence-electron chi connectivity index (χ1n) is 5.21. The van der Waals surface area contributed by atoms with Crippen molar-refractivity contribution in [2.45, 2.75) is 13.0 Å². The van der Waals surface area contributed by atoms with E-state index < -0.39 is 0 Å². The number of nitrogens with zero attached hydrogens (tertiary/aromatic N) is 1. The minimum Gasteiger partial charge on any atom is -0.381 e. The molecule has 1 atom stereocenters. The summed E-state index contributed by atoms with van der Waals surface area (Å²) in [5.74, 6) is 0. The average Bonchev–Trinajstić information content (AvgIpc) is 2.28. The normalized spacial score (nSPS) is 12.7. The fourth-order valence-corrected chi connectivity index (χ4v) is 2.05. The van der Waals surface area contributed by atoms with Gasteiger partial charge in [-0.3, -0.25) is 4.98 Å². The summed E-state index contributed by atoms with van der Waals surface area (Å²) in [6.45, 7) is 2.69. The summed E-state index contributed by atoms with van der Waals surface area (Å²) >= 11 is 2.29. The highest BCUT2D eigenvalue weighted by Crippen LogP contribution is 2.23. The highest BCUT2D eigenvalue weighted by atomic mass is 127. The smallest absolute Gasteiger partial charge is 0.0733 e. The lowest BCUT2D eigenvalue weighted by molar-refractivity contribution is 0.805. The molecule has 1 aromatic carbocycles. The van der Waals surface area contributed by atoms with Crippen LogP contribution in [0.1, 0.15) is 6.92 Å². The zero-order valence-electron chi connectivity index (χ0n) is 9.07. The maximum atomic E-state index is 5.61. The van der Waals surface area contributed by atoms with E-state index >= 15 is 0 Å². The zero-order valence-corrected chi connectivity index (χ0v) is 11.2. The van der Waals surface area contributed by atoms with Crippen molar-refractivity contribution in [1.29, 1.82) is 0 Å². The Morgan fingerprint density at radius 2 is 2.25 bits per heavy atom. The van der Waals surface area contributed by atoms with Gasteiger partial charge in [0.15, 0.2) is 0 Å². The quantitative estimate of drug-likeness (QED) is 0.852. The molecule has 0 saturated carbocycles.